The summed E-state index contributed by atoms with van der Waals surface area (Å²) in [5.74, 6) is 0.971. The highest BCUT2D eigenvalue weighted by Gasteiger charge is 2.25. The van der Waals surface area contributed by atoms with Crippen molar-refractivity contribution < 1.29 is 19.1 Å². The van der Waals surface area contributed by atoms with Crippen molar-refractivity contribution in [1.82, 2.24) is 15.6 Å². The summed E-state index contributed by atoms with van der Waals surface area (Å²) in [4.78, 5) is 31.2. The Balaban J connectivity index is 1.30. The van der Waals surface area contributed by atoms with E-state index in [4.69, 9.17) is 14.5 Å². The number of hydrogen-bond donors (Lipinski definition) is 3. The van der Waals surface area contributed by atoms with Crippen LogP contribution in [0.5, 0.6) is 11.5 Å². The van der Waals surface area contributed by atoms with Gasteiger partial charge in [0, 0.05) is 29.4 Å². The van der Waals surface area contributed by atoms with Gasteiger partial charge in [0.05, 0.1) is 5.69 Å². The van der Waals surface area contributed by atoms with Crippen molar-refractivity contribution in [3.05, 3.63) is 88.3 Å². The lowest BCUT2D eigenvalue weighted by atomic mass is 10.1. The Labute approximate surface area is 224 Å². The molecule has 38 heavy (non-hydrogen) atoms. The third kappa shape index (κ3) is 5.19. The highest BCUT2D eigenvalue weighted by molar-refractivity contribution is 7.18. The number of nitrogens with one attached hydrogen (secondary N) is 3. The molecule has 0 spiro atoms. The van der Waals surface area contributed by atoms with Gasteiger partial charge in [-0.05, 0) is 61.2 Å². The highest BCUT2D eigenvalue weighted by Crippen LogP contribution is 2.39. The molecule has 1 aromatic heterocycles. The van der Waals surface area contributed by atoms with Gasteiger partial charge in [0.15, 0.2) is 16.6 Å². The van der Waals surface area contributed by atoms with E-state index in [9.17, 15) is 9.59 Å². The number of benzene rings is 3. The molecule has 3 N–H and O–H groups in total. The second-order valence-electron chi connectivity index (χ2n) is 9.34. The molecule has 8 nitrogen and oxygen atoms in total. The molecule has 1 aliphatic carbocycles. The van der Waals surface area contributed by atoms with E-state index in [1.54, 1.807) is 0 Å². The number of carbonyl (C=O) groups is 2. The zero-order valence-electron chi connectivity index (χ0n) is 20.7. The maximum absolute atomic E-state index is 13.4. The summed E-state index contributed by atoms with van der Waals surface area (Å²) in [6.07, 6.45) is 2.05. The minimum Gasteiger partial charge on any atom is -0.454 e. The standard InChI is InChI=1S/C29H26N4O4S/c1-17-7-8-20(27(34)31-21-10-11-21)13-22(17)32-29-33-25(19-9-12-23-24(14-19)37-16-36-23)26(38-29)28(35)30-15-18-5-3-2-4-6-18/h2-9,12-14,21H,10-11,15-16H2,1H3,(H,30,35)(H,31,34)(H,32,33). The molecule has 2 aliphatic rings. The van der Waals surface area contributed by atoms with Gasteiger partial charge < -0.3 is 25.4 Å². The number of aromatic nitrogens is 1. The average molecular weight is 527 g/mol. The molecule has 1 saturated carbocycles. The van der Waals surface area contributed by atoms with Crippen molar-refractivity contribution in [2.24, 2.45) is 0 Å². The summed E-state index contributed by atoms with van der Waals surface area (Å²) in [6.45, 7) is 2.53. The van der Waals surface area contributed by atoms with E-state index in [0.29, 0.717) is 39.3 Å². The Kier molecular flexibility index (Phi) is 6.43. The monoisotopic (exact) mass is 526 g/mol. The lowest BCUT2D eigenvalue weighted by molar-refractivity contribution is 0.0944. The molecule has 4 aromatic rings. The van der Waals surface area contributed by atoms with Gasteiger partial charge >= 0.3 is 0 Å². The first-order chi connectivity index (χ1) is 18.5. The van der Waals surface area contributed by atoms with E-state index in [2.05, 4.69) is 16.0 Å². The van der Waals surface area contributed by atoms with Gasteiger partial charge in [-0.15, -0.1) is 0 Å². The van der Waals surface area contributed by atoms with Crippen LogP contribution in [0, 0.1) is 6.92 Å². The summed E-state index contributed by atoms with van der Waals surface area (Å²) in [7, 11) is 0. The zero-order chi connectivity index (χ0) is 26.1. The minimum absolute atomic E-state index is 0.0864. The first kappa shape index (κ1) is 24.0. The third-order valence-electron chi connectivity index (χ3n) is 6.43. The van der Waals surface area contributed by atoms with Crippen LogP contribution in [0.25, 0.3) is 11.3 Å². The van der Waals surface area contributed by atoms with Crippen LogP contribution in [0.15, 0.2) is 66.7 Å². The molecule has 3 aromatic carbocycles. The van der Waals surface area contributed by atoms with Crippen LogP contribution in [0.2, 0.25) is 0 Å². The summed E-state index contributed by atoms with van der Waals surface area (Å²) < 4.78 is 11.0. The molecule has 9 heteroatoms. The van der Waals surface area contributed by atoms with Crippen LogP contribution < -0.4 is 25.4 Å². The van der Waals surface area contributed by atoms with Crippen molar-refractivity contribution in [3.8, 4) is 22.8 Å². The van der Waals surface area contributed by atoms with E-state index in [-0.39, 0.29) is 24.6 Å². The molecular formula is C29H26N4O4S. The molecular weight excluding hydrogens is 500 g/mol. The Hall–Kier alpha value is -4.37. The number of aryl methyl sites for hydroxylation is 1. The lowest BCUT2D eigenvalue weighted by Crippen LogP contribution is -2.25. The van der Waals surface area contributed by atoms with Gasteiger partial charge in [-0.3, -0.25) is 9.59 Å². The summed E-state index contributed by atoms with van der Waals surface area (Å²) in [5, 5.41) is 9.92. The van der Waals surface area contributed by atoms with Crippen LogP contribution in [0.4, 0.5) is 10.8 Å². The van der Waals surface area contributed by atoms with Gasteiger partial charge in [0.25, 0.3) is 11.8 Å². The third-order valence-corrected chi connectivity index (χ3v) is 7.40. The van der Waals surface area contributed by atoms with Gasteiger partial charge in [0.1, 0.15) is 4.88 Å². The molecule has 0 unspecified atom stereocenters. The van der Waals surface area contributed by atoms with Crippen molar-refractivity contribution >= 4 is 34.0 Å². The summed E-state index contributed by atoms with van der Waals surface area (Å²) in [5.41, 5.74) is 4.60. The van der Waals surface area contributed by atoms with Crippen molar-refractivity contribution in [2.45, 2.75) is 32.4 Å². The Morgan fingerprint density at radius 2 is 1.79 bits per heavy atom. The highest BCUT2D eigenvalue weighted by atomic mass is 32.1. The first-order valence-electron chi connectivity index (χ1n) is 12.4. The number of anilines is 2. The quantitative estimate of drug-likeness (QED) is 0.284. The van der Waals surface area contributed by atoms with Crippen LogP contribution in [0.3, 0.4) is 0 Å². The molecule has 0 saturated heterocycles. The molecule has 0 atom stereocenters. The predicted octanol–water partition coefficient (Wildman–Crippen LogP) is 5.41. The summed E-state index contributed by atoms with van der Waals surface area (Å²) >= 11 is 1.26. The maximum Gasteiger partial charge on any atom is 0.264 e. The number of hydrogen-bond acceptors (Lipinski definition) is 7. The Morgan fingerprint density at radius 1 is 0.974 bits per heavy atom. The average Bonchev–Trinajstić information content (AvgIpc) is 3.44. The van der Waals surface area contributed by atoms with Crippen LogP contribution in [-0.4, -0.2) is 29.6 Å². The molecule has 1 fully saturated rings. The molecule has 1 aliphatic heterocycles. The number of carbonyl (C=O) groups excluding carboxylic acids is 2. The zero-order valence-corrected chi connectivity index (χ0v) is 21.6. The normalized spacial score (nSPS) is 13.7. The Bertz CT molecular complexity index is 1510. The van der Waals surface area contributed by atoms with E-state index in [0.717, 1.165) is 35.2 Å². The van der Waals surface area contributed by atoms with Crippen molar-refractivity contribution in [1.29, 1.82) is 0 Å². The first-order valence-corrected chi connectivity index (χ1v) is 13.3. The van der Waals surface area contributed by atoms with Crippen LogP contribution >= 0.6 is 11.3 Å². The largest absolute Gasteiger partial charge is 0.454 e. The van der Waals surface area contributed by atoms with Gasteiger partial charge in [-0.2, -0.15) is 0 Å². The second-order valence-corrected chi connectivity index (χ2v) is 10.3. The molecule has 2 amide bonds. The number of fused-ring (bicyclic) bond motifs is 1. The predicted molar refractivity (Wildman–Crippen MR) is 146 cm³/mol. The SMILES string of the molecule is Cc1ccc(C(=O)NC2CC2)cc1Nc1nc(-c2ccc3c(c2)OCO3)c(C(=O)NCc2ccccc2)s1. The minimum atomic E-state index is -0.221. The second kappa shape index (κ2) is 10.2. The number of amides is 2. The summed E-state index contributed by atoms with van der Waals surface area (Å²) in [6, 6.07) is 21.1. The molecule has 2 heterocycles. The number of thiazole rings is 1. The number of nitrogens with zero attached hydrogens (tertiary/aromatic N) is 1. The number of rotatable bonds is 8. The van der Waals surface area contributed by atoms with E-state index < -0.39 is 0 Å². The maximum atomic E-state index is 13.4. The van der Waals surface area contributed by atoms with Gasteiger partial charge in [-0.1, -0.05) is 47.7 Å². The molecule has 192 valence electrons. The van der Waals surface area contributed by atoms with E-state index in [1.807, 2.05) is 73.7 Å². The smallest absolute Gasteiger partial charge is 0.264 e. The topological polar surface area (TPSA) is 102 Å². The van der Waals surface area contributed by atoms with Crippen molar-refractivity contribution in [3.63, 3.8) is 0 Å². The fourth-order valence-electron chi connectivity index (χ4n) is 4.13. The fraction of sp³-hybridized carbons (Fsp3) is 0.207. The number of ether oxygens (including phenoxy) is 2. The van der Waals surface area contributed by atoms with Gasteiger partial charge in [0.2, 0.25) is 6.79 Å². The fourth-order valence-corrected chi connectivity index (χ4v) is 5.05. The van der Waals surface area contributed by atoms with Crippen molar-refractivity contribution in [2.75, 3.05) is 12.1 Å². The Morgan fingerprint density at radius 3 is 2.61 bits per heavy atom. The molecule has 0 bridgehead atoms. The molecule has 0 radical (unpaired) electrons. The van der Waals surface area contributed by atoms with Crippen LogP contribution in [-0.2, 0) is 6.54 Å². The van der Waals surface area contributed by atoms with Crippen LogP contribution in [0.1, 0.15) is 44.0 Å². The van der Waals surface area contributed by atoms with E-state index in [1.165, 1.54) is 11.3 Å². The van der Waals surface area contributed by atoms with Gasteiger partial charge in [-0.25, -0.2) is 4.98 Å². The van der Waals surface area contributed by atoms with E-state index >= 15 is 0 Å². The molecule has 6 rings (SSSR count). The lowest BCUT2D eigenvalue weighted by Gasteiger charge is -2.10.